The number of aryl methyl sites for hydroxylation is 1. The van der Waals surface area contributed by atoms with Gasteiger partial charge in [0.25, 0.3) is 0 Å². The average Bonchev–Trinajstić information content (AvgIpc) is 2.37. The van der Waals surface area contributed by atoms with Gasteiger partial charge in [0.05, 0.1) is 7.11 Å². The molecule has 0 saturated heterocycles. The minimum atomic E-state index is -1.03. The van der Waals surface area contributed by atoms with E-state index in [1.165, 1.54) is 6.08 Å². The number of hydrogen-bond donors (Lipinski definition) is 1. The highest BCUT2D eigenvalue weighted by atomic mass is 35.5. The molecule has 4 nitrogen and oxygen atoms in total. The lowest BCUT2D eigenvalue weighted by atomic mass is 10.1. The van der Waals surface area contributed by atoms with Crippen molar-refractivity contribution in [3.8, 4) is 5.75 Å². The molecule has 1 heterocycles. The van der Waals surface area contributed by atoms with E-state index < -0.39 is 5.97 Å². The molecule has 1 aromatic heterocycles. The predicted octanol–water partition coefficient (Wildman–Crippen LogP) is 3.30. The van der Waals surface area contributed by atoms with Crippen LogP contribution in [0.15, 0.2) is 24.3 Å². The topological polar surface area (TPSA) is 59.4 Å². The summed E-state index contributed by atoms with van der Waals surface area (Å²) in [5.74, 6) is -0.394. The summed E-state index contributed by atoms with van der Waals surface area (Å²) in [6.07, 6.45) is 2.46. The van der Waals surface area contributed by atoms with Crippen LogP contribution in [-0.4, -0.2) is 23.2 Å². The van der Waals surface area contributed by atoms with Crippen LogP contribution in [0, 0.1) is 6.92 Å². The maximum atomic E-state index is 10.5. The summed E-state index contributed by atoms with van der Waals surface area (Å²) in [4.78, 5) is 14.8. The van der Waals surface area contributed by atoms with E-state index in [2.05, 4.69) is 4.98 Å². The second kappa shape index (κ2) is 5.28. The molecule has 0 bridgehead atoms. The average molecular weight is 278 g/mol. The molecule has 19 heavy (non-hydrogen) atoms. The Morgan fingerprint density at radius 2 is 2.21 bits per heavy atom. The Kier molecular flexibility index (Phi) is 3.71. The third-order valence-electron chi connectivity index (χ3n) is 2.77. The van der Waals surface area contributed by atoms with Crippen molar-refractivity contribution < 1.29 is 14.6 Å². The zero-order valence-electron chi connectivity index (χ0n) is 10.5. The third-order valence-corrected chi connectivity index (χ3v) is 3.07. The molecule has 0 aliphatic rings. The first-order valence-corrected chi connectivity index (χ1v) is 5.95. The molecule has 98 valence electrons. The standard InChI is InChI=1S/C14H12ClNO3/c1-8-3-5-11(19-2)13-10(8)7-9(14(15)16-13)4-6-12(17)18/h3-7H,1-2H3,(H,17,18)/b6-4+. The maximum absolute atomic E-state index is 10.5. The second-order valence-electron chi connectivity index (χ2n) is 4.02. The van der Waals surface area contributed by atoms with Gasteiger partial charge in [-0.1, -0.05) is 17.7 Å². The Morgan fingerprint density at radius 1 is 1.47 bits per heavy atom. The zero-order valence-corrected chi connectivity index (χ0v) is 11.2. The number of hydrogen-bond acceptors (Lipinski definition) is 3. The molecule has 1 N–H and O–H groups in total. The van der Waals surface area contributed by atoms with Crippen molar-refractivity contribution in [2.45, 2.75) is 6.92 Å². The van der Waals surface area contributed by atoms with Crippen molar-refractivity contribution in [3.63, 3.8) is 0 Å². The van der Waals surface area contributed by atoms with Crippen LogP contribution in [0.3, 0.4) is 0 Å². The van der Waals surface area contributed by atoms with Gasteiger partial charge in [-0.25, -0.2) is 9.78 Å². The van der Waals surface area contributed by atoms with E-state index in [1.807, 2.05) is 25.1 Å². The van der Waals surface area contributed by atoms with Crippen molar-refractivity contribution in [2.24, 2.45) is 0 Å². The number of pyridine rings is 1. The summed E-state index contributed by atoms with van der Waals surface area (Å²) < 4.78 is 5.24. The highest BCUT2D eigenvalue weighted by Gasteiger charge is 2.09. The molecule has 0 unspecified atom stereocenters. The van der Waals surface area contributed by atoms with Crippen LogP contribution < -0.4 is 4.74 Å². The monoisotopic (exact) mass is 277 g/mol. The molecule has 2 rings (SSSR count). The van der Waals surface area contributed by atoms with Gasteiger partial charge >= 0.3 is 5.97 Å². The Morgan fingerprint density at radius 3 is 2.84 bits per heavy atom. The van der Waals surface area contributed by atoms with Crippen molar-refractivity contribution in [1.29, 1.82) is 0 Å². The van der Waals surface area contributed by atoms with Gasteiger partial charge in [-0.3, -0.25) is 0 Å². The lowest BCUT2D eigenvalue weighted by molar-refractivity contribution is -0.131. The van der Waals surface area contributed by atoms with Crippen LogP contribution in [0.4, 0.5) is 0 Å². The number of carboxylic acid groups (broad SMARTS) is 1. The summed E-state index contributed by atoms with van der Waals surface area (Å²) in [5.41, 5.74) is 2.25. The molecular weight excluding hydrogens is 266 g/mol. The Balaban J connectivity index is 2.68. The molecule has 0 aliphatic heterocycles. The molecule has 0 radical (unpaired) electrons. The van der Waals surface area contributed by atoms with Gasteiger partial charge in [0.15, 0.2) is 0 Å². The Hall–Kier alpha value is -2.07. The van der Waals surface area contributed by atoms with Crippen LogP contribution in [0.1, 0.15) is 11.1 Å². The van der Waals surface area contributed by atoms with Gasteiger partial charge in [-0.15, -0.1) is 0 Å². The first-order valence-electron chi connectivity index (χ1n) is 5.58. The Labute approximate surface area is 115 Å². The highest BCUT2D eigenvalue weighted by molar-refractivity contribution is 6.31. The van der Waals surface area contributed by atoms with E-state index in [1.54, 1.807) is 7.11 Å². The van der Waals surface area contributed by atoms with E-state index >= 15 is 0 Å². The molecule has 2 aromatic rings. The first kappa shape index (κ1) is 13.4. The number of carboxylic acids is 1. The summed E-state index contributed by atoms with van der Waals surface area (Å²) in [5, 5.41) is 9.77. The van der Waals surface area contributed by atoms with E-state index in [9.17, 15) is 4.79 Å². The number of aliphatic carboxylic acids is 1. The summed E-state index contributed by atoms with van der Waals surface area (Å²) in [7, 11) is 1.57. The fourth-order valence-electron chi connectivity index (χ4n) is 1.81. The van der Waals surface area contributed by atoms with Gasteiger partial charge < -0.3 is 9.84 Å². The molecule has 0 spiro atoms. The molecular formula is C14H12ClNO3. The second-order valence-corrected chi connectivity index (χ2v) is 4.38. The molecule has 5 heteroatoms. The largest absolute Gasteiger partial charge is 0.494 e. The number of methoxy groups -OCH3 is 1. The first-order chi connectivity index (χ1) is 9.02. The number of ether oxygens (including phenoxy) is 1. The number of carbonyl (C=O) groups is 1. The number of rotatable bonds is 3. The van der Waals surface area contributed by atoms with Crippen molar-refractivity contribution in [3.05, 3.63) is 40.6 Å². The third kappa shape index (κ3) is 2.69. The van der Waals surface area contributed by atoms with Crippen LogP contribution in [-0.2, 0) is 4.79 Å². The normalized spacial score (nSPS) is 11.1. The molecule has 0 amide bonds. The predicted molar refractivity (Wildman–Crippen MR) is 74.7 cm³/mol. The van der Waals surface area contributed by atoms with Crippen molar-refractivity contribution in [1.82, 2.24) is 4.98 Å². The van der Waals surface area contributed by atoms with Gasteiger partial charge in [-0.05, 0) is 30.7 Å². The van der Waals surface area contributed by atoms with Crippen molar-refractivity contribution >= 4 is 34.5 Å². The quantitative estimate of drug-likeness (QED) is 0.691. The number of fused-ring (bicyclic) bond motifs is 1. The van der Waals surface area contributed by atoms with Crippen LogP contribution in [0.5, 0.6) is 5.75 Å². The van der Waals surface area contributed by atoms with E-state index in [0.29, 0.717) is 16.8 Å². The van der Waals surface area contributed by atoms with E-state index in [0.717, 1.165) is 17.0 Å². The SMILES string of the molecule is COc1ccc(C)c2cc(/C=C/C(=O)O)c(Cl)nc12. The zero-order chi connectivity index (χ0) is 14.0. The van der Waals surface area contributed by atoms with Gasteiger partial charge in [0.2, 0.25) is 0 Å². The van der Waals surface area contributed by atoms with E-state index in [4.69, 9.17) is 21.4 Å². The molecule has 1 aromatic carbocycles. The van der Waals surface area contributed by atoms with Gasteiger partial charge in [-0.2, -0.15) is 0 Å². The van der Waals surface area contributed by atoms with Gasteiger partial charge in [0.1, 0.15) is 16.4 Å². The minimum Gasteiger partial charge on any atom is -0.494 e. The fraction of sp³-hybridized carbons (Fsp3) is 0.143. The maximum Gasteiger partial charge on any atom is 0.328 e. The smallest absolute Gasteiger partial charge is 0.328 e. The molecule has 0 atom stereocenters. The summed E-state index contributed by atoms with van der Waals surface area (Å²) in [6.45, 7) is 1.95. The highest BCUT2D eigenvalue weighted by Crippen LogP contribution is 2.30. The lowest BCUT2D eigenvalue weighted by Gasteiger charge is -2.09. The molecule has 0 aliphatic carbocycles. The lowest BCUT2D eigenvalue weighted by Crippen LogP contribution is -1.93. The number of nitrogens with zero attached hydrogens (tertiary/aromatic N) is 1. The van der Waals surface area contributed by atoms with E-state index in [-0.39, 0.29) is 5.15 Å². The minimum absolute atomic E-state index is 0.244. The number of aromatic nitrogens is 1. The van der Waals surface area contributed by atoms with Crippen LogP contribution in [0.25, 0.3) is 17.0 Å². The molecule has 0 fully saturated rings. The van der Waals surface area contributed by atoms with Crippen molar-refractivity contribution in [2.75, 3.05) is 7.11 Å². The number of benzene rings is 1. The summed E-state index contributed by atoms with van der Waals surface area (Å²) in [6, 6.07) is 5.55. The fourth-order valence-corrected chi connectivity index (χ4v) is 2.01. The summed E-state index contributed by atoms with van der Waals surface area (Å²) >= 11 is 6.06. The van der Waals surface area contributed by atoms with Crippen LogP contribution in [0.2, 0.25) is 5.15 Å². The Bertz CT molecular complexity index is 680. The van der Waals surface area contributed by atoms with Gasteiger partial charge in [0, 0.05) is 17.0 Å². The number of halogens is 1. The molecule has 0 saturated carbocycles. The van der Waals surface area contributed by atoms with Crippen LogP contribution >= 0.6 is 11.6 Å².